The summed E-state index contributed by atoms with van der Waals surface area (Å²) in [7, 11) is 0. The lowest BCUT2D eigenvalue weighted by atomic mass is 9.87. The van der Waals surface area contributed by atoms with Crippen LogP contribution in [0.25, 0.3) is 11.0 Å². The van der Waals surface area contributed by atoms with Crippen LogP contribution in [0.5, 0.6) is 11.5 Å². The molecule has 2 aromatic heterocycles. The van der Waals surface area contributed by atoms with E-state index < -0.39 is 5.63 Å². The predicted octanol–water partition coefficient (Wildman–Crippen LogP) is 4.28. The number of thioether (sulfide) groups is 1. The molecular formula is C24H26N4O4S. The van der Waals surface area contributed by atoms with E-state index in [4.69, 9.17) is 15.0 Å². The fourth-order valence-electron chi connectivity index (χ4n) is 3.38. The van der Waals surface area contributed by atoms with Crippen molar-refractivity contribution in [2.45, 2.75) is 50.6 Å². The van der Waals surface area contributed by atoms with Gasteiger partial charge in [0.25, 0.3) is 0 Å². The highest BCUT2D eigenvalue weighted by Gasteiger charge is 2.16. The van der Waals surface area contributed by atoms with Crippen LogP contribution in [-0.4, -0.2) is 20.0 Å². The summed E-state index contributed by atoms with van der Waals surface area (Å²) in [5.74, 6) is 7.89. The lowest BCUT2D eigenvalue weighted by molar-refractivity contribution is 0.291. The van der Waals surface area contributed by atoms with Crippen LogP contribution in [0, 0.1) is 6.92 Å². The van der Waals surface area contributed by atoms with Gasteiger partial charge in [0, 0.05) is 22.8 Å². The van der Waals surface area contributed by atoms with Gasteiger partial charge in [-0.2, -0.15) is 0 Å². The van der Waals surface area contributed by atoms with Crippen molar-refractivity contribution in [1.29, 1.82) is 0 Å². The highest BCUT2D eigenvalue weighted by atomic mass is 32.2. The van der Waals surface area contributed by atoms with Gasteiger partial charge in [-0.3, -0.25) is 0 Å². The van der Waals surface area contributed by atoms with Gasteiger partial charge in [-0.1, -0.05) is 44.7 Å². The molecule has 0 aliphatic heterocycles. The number of fused-ring (bicyclic) bond motifs is 1. The highest BCUT2D eigenvalue weighted by molar-refractivity contribution is 7.98. The number of nitrogen functional groups attached to an aromatic ring is 1. The number of hydrogen-bond donors (Lipinski definition) is 2. The number of aryl methyl sites for hydroxylation is 1. The molecule has 0 spiro atoms. The molecule has 0 radical (unpaired) electrons. The first-order valence-corrected chi connectivity index (χ1v) is 11.4. The standard InChI is InChI=1S/C24H26N4O4S/c1-14-19(29)10-9-18-15(11-21(30)32-22(14)18)13-33-23-27-26-20(28(23)25)12-31-17-7-5-16(6-8-17)24(2,3)4/h5-11,29H,12-13,25H2,1-4H3. The van der Waals surface area contributed by atoms with Gasteiger partial charge in [0.2, 0.25) is 5.16 Å². The van der Waals surface area contributed by atoms with Crippen LogP contribution in [0.15, 0.2) is 56.8 Å². The molecule has 33 heavy (non-hydrogen) atoms. The molecule has 3 N–H and O–H groups in total. The van der Waals surface area contributed by atoms with E-state index in [9.17, 15) is 9.90 Å². The SMILES string of the molecule is Cc1c(O)ccc2c(CSc3nnc(COc4ccc(C(C)(C)C)cc4)n3N)cc(=O)oc12. The molecule has 0 aliphatic rings. The summed E-state index contributed by atoms with van der Waals surface area (Å²) in [4.78, 5) is 12.0. The fraction of sp³-hybridized carbons (Fsp3) is 0.292. The fourth-order valence-corrected chi connectivity index (χ4v) is 4.25. The molecule has 0 fully saturated rings. The summed E-state index contributed by atoms with van der Waals surface area (Å²) >= 11 is 1.35. The minimum atomic E-state index is -0.479. The second-order valence-corrected chi connectivity index (χ2v) is 9.74. The second kappa shape index (κ2) is 8.82. The molecular weight excluding hydrogens is 440 g/mol. The molecule has 172 valence electrons. The molecule has 0 aliphatic carbocycles. The van der Waals surface area contributed by atoms with E-state index in [-0.39, 0.29) is 17.8 Å². The smallest absolute Gasteiger partial charge is 0.336 e. The van der Waals surface area contributed by atoms with Crippen molar-refractivity contribution in [3.63, 3.8) is 0 Å². The van der Waals surface area contributed by atoms with E-state index in [1.54, 1.807) is 19.1 Å². The zero-order valence-electron chi connectivity index (χ0n) is 19.0. The third kappa shape index (κ3) is 4.83. The first kappa shape index (κ1) is 22.7. The van der Waals surface area contributed by atoms with Gasteiger partial charge in [0.1, 0.15) is 23.7 Å². The average molecular weight is 467 g/mol. The van der Waals surface area contributed by atoms with Gasteiger partial charge in [-0.15, -0.1) is 10.2 Å². The molecule has 0 amide bonds. The maximum Gasteiger partial charge on any atom is 0.336 e. The van der Waals surface area contributed by atoms with E-state index in [0.29, 0.717) is 27.9 Å². The summed E-state index contributed by atoms with van der Waals surface area (Å²) in [6, 6.07) is 12.7. The molecule has 0 saturated heterocycles. The Kier molecular flexibility index (Phi) is 6.07. The van der Waals surface area contributed by atoms with Crippen molar-refractivity contribution >= 4 is 22.7 Å². The quantitative estimate of drug-likeness (QED) is 0.246. The van der Waals surface area contributed by atoms with Gasteiger partial charge in [0.15, 0.2) is 5.82 Å². The third-order valence-electron chi connectivity index (χ3n) is 5.40. The monoisotopic (exact) mass is 466 g/mol. The van der Waals surface area contributed by atoms with Crippen molar-refractivity contribution < 1.29 is 14.3 Å². The molecule has 9 heteroatoms. The van der Waals surface area contributed by atoms with Crippen LogP contribution >= 0.6 is 11.8 Å². The van der Waals surface area contributed by atoms with Crippen molar-refractivity contribution in [2.24, 2.45) is 0 Å². The average Bonchev–Trinajstić information content (AvgIpc) is 3.12. The number of ether oxygens (including phenoxy) is 1. The summed E-state index contributed by atoms with van der Waals surface area (Å²) in [5, 5.41) is 19.4. The van der Waals surface area contributed by atoms with Gasteiger partial charge in [-0.05, 0) is 47.7 Å². The lowest BCUT2D eigenvalue weighted by Gasteiger charge is -2.19. The van der Waals surface area contributed by atoms with Crippen LogP contribution in [0.1, 0.15) is 43.3 Å². The van der Waals surface area contributed by atoms with E-state index in [1.807, 2.05) is 24.3 Å². The largest absolute Gasteiger partial charge is 0.508 e. The maximum absolute atomic E-state index is 12.0. The Morgan fingerprint density at radius 1 is 1.15 bits per heavy atom. The minimum absolute atomic E-state index is 0.0756. The van der Waals surface area contributed by atoms with E-state index >= 15 is 0 Å². The van der Waals surface area contributed by atoms with Crippen LogP contribution in [-0.2, 0) is 17.8 Å². The summed E-state index contributed by atoms with van der Waals surface area (Å²) < 4.78 is 12.5. The number of nitrogens with zero attached hydrogens (tertiary/aromatic N) is 3. The number of aromatic nitrogens is 3. The van der Waals surface area contributed by atoms with Crippen LogP contribution < -0.4 is 16.2 Å². The normalized spacial score (nSPS) is 11.8. The van der Waals surface area contributed by atoms with Gasteiger partial charge < -0.3 is 20.1 Å². The molecule has 2 aromatic carbocycles. The Labute approximate surface area is 195 Å². The van der Waals surface area contributed by atoms with Crippen LogP contribution in [0.2, 0.25) is 0 Å². The summed E-state index contributed by atoms with van der Waals surface area (Å²) in [5.41, 5.74) is 2.48. The number of rotatable bonds is 6. The summed E-state index contributed by atoms with van der Waals surface area (Å²) in [6.45, 7) is 8.37. The molecule has 4 rings (SSSR count). The zero-order chi connectivity index (χ0) is 23.8. The Balaban J connectivity index is 1.46. The summed E-state index contributed by atoms with van der Waals surface area (Å²) in [6.07, 6.45) is 0. The molecule has 0 saturated carbocycles. The number of phenols is 1. The molecule has 0 atom stereocenters. The van der Waals surface area contributed by atoms with Crippen LogP contribution in [0.4, 0.5) is 0 Å². The van der Waals surface area contributed by atoms with Crippen molar-refractivity contribution in [3.05, 3.63) is 75.4 Å². The first-order valence-electron chi connectivity index (χ1n) is 10.4. The number of aromatic hydroxyl groups is 1. The molecule has 2 heterocycles. The Bertz CT molecular complexity index is 1350. The Hall–Kier alpha value is -3.46. The predicted molar refractivity (Wildman–Crippen MR) is 128 cm³/mol. The number of hydrogen-bond acceptors (Lipinski definition) is 8. The van der Waals surface area contributed by atoms with Crippen molar-refractivity contribution in [3.8, 4) is 11.5 Å². The van der Waals surface area contributed by atoms with E-state index in [2.05, 4.69) is 31.0 Å². The first-order chi connectivity index (χ1) is 15.6. The van der Waals surface area contributed by atoms with Gasteiger partial charge in [0.05, 0.1) is 0 Å². The second-order valence-electron chi connectivity index (χ2n) is 8.80. The highest BCUT2D eigenvalue weighted by Crippen LogP contribution is 2.30. The van der Waals surface area contributed by atoms with E-state index in [0.717, 1.165) is 16.7 Å². The zero-order valence-corrected chi connectivity index (χ0v) is 19.8. The number of nitrogens with two attached hydrogens (primary N) is 1. The maximum atomic E-state index is 12.0. The van der Waals surface area contributed by atoms with Crippen molar-refractivity contribution in [2.75, 3.05) is 5.84 Å². The number of benzene rings is 2. The topological polar surface area (TPSA) is 116 Å². The van der Waals surface area contributed by atoms with Gasteiger partial charge >= 0.3 is 5.63 Å². The van der Waals surface area contributed by atoms with Gasteiger partial charge in [-0.25, -0.2) is 9.47 Å². The Morgan fingerprint density at radius 3 is 2.58 bits per heavy atom. The third-order valence-corrected chi connectivity index (χ3v) is 6.39. The minimum Gasteiger partial charge on any atom is -0.508 e. The molecule has 8 nitrogen and oxygen atoms in total. The number of phenolic OH excluding ortho intramolecular Hbond substituents is 1. The van der Waals surface area contributed by atoms with E-state index in [1.165, 1.54) is 28.1 Å². The lowest BCUT2D eigenvalue weighted by Crippen LogP contribution is -2.16. The Morgan fingerprint density at radius 2 is 1.88 bits per heavy atom. The molecule has 0 bridgehead atoms. The van der Waals surface area contributed by atoms with Crippen LogP contribution in [0.3, 0.4) is 0 Å². The molecule has 4 aromatic rings. The van der Waals surface area contributed by atoms with Crippen molar-refractivity contribution in [1.82, 2.24) is 14.9 Å². The molecule has 0 unspecified atom stereocenters.